The van der Waals surface area contributed by atoms with Gasteiger partial charge in [0.2, 0.25) is 5.91 Å². The SMILES string of the molecule is COCCCNC(=O)CN(C)C(=O)c1ccc(OC(F)F)cc1. The maximum Gasteiger partial charge on any atom is 0.387 e. The van der Waals surface area contributed by atoms with Crippen LogP contribution in [0.25, 0.3) is 0 Å². The molecule has 0 spiro atoms. The Balaban J connectivity index is 2.47. The first-order valence-corrected chi connectivity index (χ1v) is 7.00. The molecule has 8 heteroatoms. The van der Waals surface area contributed by atoms with Crippen molar-refractivity contribution in [2.45, 2.75) is 13.0 Å². The smallest absolute Gasteiger partial charge is 0.387 e. The molecule has 0 bridgehead atoms. The molecule has 0 aromatic heterocycles. The van der Waals surface area contributed by atoms with Crippen molar-refractivity contribution in [2.24, 2.45) is 0 Å². The fourth-order valence-electron chi connectivity index (χ4n) is 1.79. The van der Waals surface area contributed by atoms with Gasteiger partial charge in [-0.1, -0.05) is 0 Å². The summed E-state index contributed by atoms with van der Waals surface area (Å²) in [5, 5.41) is 2.67. The minimum absolute atomic E-state index is 0.0323. The number of alkyl halides is 2. The van der Waals surface area contributed by atoms with Gasteiger partial charge in [-0.3, -0.25) is 9.59 Å². The number of carbonyl (C=O) groups is 2. The van der Waals surface area contributed by atoms with Gasteiger partial charge in [-0.15, -0.1) is 0 Å². The van der Waals surface area contributed by atoms with Crippen molar-refractivity contribution >= 4 is 11.8 Å². The van der Waals surface area contributed by atoms with Crippen LogP contribution in [0.3, 0.4) is 0 Å². The third-order valence-electron chi connectivity index (χ3n) is 2.90. The van der Waals surface area contributed by atoms with E-state index in [1.165, 1.54) is 36.2 Å². The minimum Gasteiger partial charge on any atom is -0.435 e. The van der Waals surface area contributed by atoms with Crippen molar-refractivity contribution in [3.63, 3.8) is 0 Å². The van der Waals surface area contributed by atoms with E-state index < -0.39 is 6.61 Å². The lowest BCUT2D eigenvalue weighted by molar-refractivity contribution is -0.121. The maximum atomic E-state index is 12.1. The average molecular weight is 330 g/mol. The first kappa shape index (κ1) is 18.8. The molecule has 0 aliphatic rings. The Hall–Kier alpha value is -2.22. The number of ether oxygens (including phenoxy) is 2. The number of hydrogen-bond donors (Lipinski definition) is 1. The number of halogens is 2. The molecule has 1 aromatic carbocycles. The lowest BCUT2D eigenvalue weighted by atomic mass is 10.2. The highest BCUT2D eigenvalue weighted by Gasteiger charge is 2.15. The van der Waals surface area contributed by atoms with E-state index in [1.807, 2.05) is 0 Å². The predicted octanol–water partition coefficient (Wildman–Crippen LogP) is 1.51. The summed E-state index contributed by atoms with van der Waals surface area (Å²) in [7, 11) is 3.06. The van der Waals surface area contributed by atoms with Crippen molar-refractivity contribution in [3.8, 4) is 5.75 Å². The molecule has 0 saturated carbocycles. The quantitative estimate of drug-likeness (QED) is 0.697. The van der Waals surface area contributed by atoms with Gasteiger partial charge in [0.1, 0.15) is 5.75 Å². The highest BCUT2D eigenvalue weighted by atomic mass is 19.3. The molecule has 0 fully saturated rings. The topological polar surface area (TPSA) is 67.9 Å². The molecule has 0 radical (unpaired) electrons. The molecule has 0 heterocycles. The van der Waals surface area contributed by atoms with Gasteiger partial charge in [0, 0.05) is 32.9 Å². The number of nitrogens with one attached hydrogen (secondary N) is 1. The number of hydrogen-bond acceptors (Lipinski definition) is 4. The second-order valence-electron chi connectivity index (χ2n) is 4.76. The monoisotopic (exact) mass is 330 g/mol. The van der Waals surface area contributed by atoms with Crippen molar-refractivity contribution in [1.29, 1.82) is 0 Å². The second kappa shape index (κ2) is 9.73. The van der Waals surface area contributed by atoms with Crippen LogP contribution in [0.2, 0.25) is 0 Å². The Bertz CT molecular complexity index is 509. The minimum atomic E-state index is -2.92. The molecule has 0 atom stereocenters. The molecule has 2 amide bonds. The van der Waals surface area contributed by atoms with E-state index in [2.05, 4.69) is 10.1 Å². The van der Waals surface area contributed by atoms with Gasteiger partial charge in [0.05, 0.1) is 6.54 Å². The van der Waals surface area contributed by atoms with Crippen LogP contribution in [0, 0.1) is 0 Å². The summed E-state index contributed by atoms with van der Waals surface area (Å²) < 4.78 is 33.2. The summed E-state index contributed by atoms with van der Waals surface area (Å²) in [6, 6.07) is 5.29. The third-order valence-corrected chi connectivity index (χ3v) is 2.90. The standard InChI is InChI=1S/C15H20F2N2O4/c1-19(10-13(20)18-8-3-9-22-2)14(21)11-4-6-12(7-5-11)23-15(16)17/h4-7,15H,3,8-10H2,1-2H3,(H,18,20). The molecule has 0 aliphatic carbocycles. The van der Waals surface area contributed by atoms with Crippen LogP contribution in [-0.4, -0.2) is 57.2 Å². The fraction of sp³-hybridized carbons (Fsp3) is 0.467. The summed E-state index contributed by atoms with van der Waals surface area (Å²) in [4.78, 5) is 25.1. The summed E-state index contributed by atoms with van der Waals surface area (Å²) in [5.41, 5.74) is 0.279. The van der Waals surface area contributed by atoms with Gasteiger partial charge < -0.3 is 19.7 Å². The highest BCUT2D eigenvalue weighted by molar-refractivity contribution is 5.96. The largest absolute Gasteiger partial charge is 0.435 e. The van der Waals surface area contributed by atoms with Gasteiger partial charge in [-0.25, -0.2) is 0 Å². The number of benzene rings is 1. The maximum absolute atomic E-state index is 12.1. The Morgan fingerprint density at radius 3 is 2.48 bits per heavy atom. The highest BCUT2D eigenvalue weighted by Crippen LogP contribution is 2.15. The van der Waals surface area contributed by atoms with Crippen LogP contribution in [0.15, 0.2) is 24.3 Å². The normalized spacial score (nSPS) is 10.5. The molecule has 1 aromatic rings. The summed E-state index contributed by atoms with van der Waals surface area (Å²) in [6.07, 6.45) is 0.686. The number of rotatable bonds is 9. The van der Waals surface area contributed by atoms with Crippen molar-refractivity contribution in [2.75, 3.05) is 33.9 Å². The van der Waals surface area contributed by atoms with E-state index in [0.29, 0.717) is 19.6 Å². The van der Waals surface area contributed by atoms with Gasteiger partial charge in [0.25, 0.3) is 5.91 Å². The van der Waals surface area contributed by atoms with Crippen LogP contribution in [0.5, 0.6) is 5.75 Å². The first-order valence-electron chi connectivity index (χ1n) is 7.00. The Morgan fingerprint density at radius 1 is 1.26 bits per heavy atom. The number of nitrogens with zero attached hydrogens (tertiary/aromatic N) is 1. The van der Waals surface area contributed by atoms with Crippen LogP contribution in [0.1, 0.15) is 16.8 Å². The van der Waals surface area contributed by atoms with Crippen molar-refractivity contribution in [1.82, 2.24) is 10.2 Å². The van der Waals surface area contributed by atoms with Gasteiger partial charge in [0.15, 0.2) is 0 Å². The van der Waals surface area contributed by atoms with Crippen LogP contribution in [0.4, 0.5) is 8.78 Å². The molecule has 128 valence electrons. The Morgan fingerprint density at radius 2 is 1.91 bits per heavy atom. The summed E-state index contributed by atoms with van der Waals surface area (Å²) in [6.45, 7) is -2.00. The van der Waals surface area contributed by atoms with Gasteiger partial charge in [-0.2, -0.15) is 8.78 Å². The van der Waals surface area contributed by atoms with E-state index >= 15 is 0 Å². The number of methoxy groups -OCH3 is 1. The number of amides is 2. The van der Waals surface area contributed by atoms with E-state index in [4.69, 9.17) is 4.74 Å². The zero-order chi connectivity index (χ0) is 17.2. The molecule has 1 N–H and O–H groups in total. The zero-order valence-electron chi connectivity index (χ0n) is 13.1. The summed E-state index contributed by atoms with van der Waals surface area (Å²) >= 11 is 0. The number of carbonyl (C=O) groups excluding carboxylic acids is 2. The van der Waals surface area contributed by atoms with E-state index in [0.717, 1.165) is 0 Å². The van der Waals surface area contributed by atoms with Gasteiger partial charge >= 0.3 is 6.61 Å². The molecule has 0 aliphatic heterocycles. The first-order chi connectivity index (χ1) is 10.9. The van der Waals surface area contributed by atoms with E-state index in [-0.39, 0.29) is 29.7 Å². The van der Waals surface area contributed by atoms with Crippen molar-refractivity contribution < 1.29 is 27.8 Å². The third kappa shape index (κ3) is 7.05. The lowest BCUT2D eigenvalue weighted by Crippen LogP contribution is -2.38. The summed E-state index contributed by atoms with van der Waals surface area (Å²) in [5.74, 6) is -0.703. The van der Waals surface area contributed by atoms with E-state index in [9.17, 15) is 18.4 Å². The predicted molar refractivity (Wildman–Crippen MR) is 79.5 cm³/mol. The average Bonchev–Trinajstić information content (AvgIpc) is 2.51. The number of likely N-dealkylation sites (N-methyl/N-ethyl adjacent to an activating group) is 1. The second-order valence-corrected chi connectivity index (χ2v) is 4.76. The molecular formula is C15H20F2N2O4. The Labute approximate surface area is 133 Å². The van der Waals surface area contributed by atoms with Crippen LogP contribution < -0.4 is 10.1 Å². The molecule has 1 rings (SSSR count). The zero-order valence-corrected chi connectivity index (χ0v) is 13.1. The van der Waals surface area contributed by atoms with Crippen LogP contribution >= 0.6 is 0 Å². The van der Waals surface area contributed by atoms with Crippen LogP contribution in [-0.2, 0) is 9.53 Å². The lowest BCUT2D eigenvalue weighted by Gasteiger charge is -2.17. The molecular weight excluding hydrogens is 310 g/mol. The molecule has 0 saturated heterocycles. The molecule has 0 unspecified atom stereocenters. The van der Waals surface area contributed by atoms with Gasteiger partial charge in [-0.05, 0) is 30.7 Å². The van der Waals surface area contributed by atoms with Crippen molar-refractivity contribution in [3.05, 3.63) is 29.8 Å². The Kier molecular flexibility index (Phi) is 7.96. The van der Waals surface area contributed by atoms with E-state index in [1.54, 1.807) is 7.11 Å². The fourth-order valence-corrected chi connectivity index (χ4v) is 1.79. The molecule has 23 heavy (non-hydrogen) atoms. The molecule has 6 nitrogen and oxygen atoms in total.